The van der Waals surface area contributed by atoms with Gasteiger partial charge in [0.1, 0.15) is 17.2 Å². The normalized spacial score (nSPS) is 12.5. The third kappa shape index (κ3) is 3.85. The average molecular weight is 340 g/mol. The van der Waals surface area contributed by atoms with Crippen molar-refractivity contribution in [1.29, 1.82) is 0 Å². The van der Waals surface area contributed by atoms with E-state index >= 15 is 0 Å². The molecular formula is C19H21FN4O. The summed E-state index contributed by atoms with van der Waals surface area (Å²) in [5, 5.41) is 2.90. The van der Waals surface area contributed by atoms with Gasteiger partial charge < -0.3 is 14.6 Å². The predicted molar refractivity (Wildman–Crippen MR) is 95.1 cm³/mol. The van der Waals surface area contributed by atoms with Gasteiger partial charge in [0.2, 0.25) is 0 Å². The number of fused-ring (bicyclic) bond motifs is 1. The zero-order valence-electron chi connectivity index (χ0n) is 14.5. The lowest BCUT2D eigenvalue weighted by molar-refractivity contribution is 0.0937. The molecule has 0 saturated carbocycles. The van der Waals surface area contributed by atoms with E-state index in [4.69, 9.17) is 0 Å². The number of likely N-dealkylation sites (N-methyl/N-ethyl adjacent to an activating group) is 1. The van der Waals surface area contributed by atoms with Gasteiger partial charge in [-0.3, -0.25) is 4.79 Å². The van der Waals surface area contributed by atoms with Crippen molar-refractivity contribution >= 4 is 11.6 Å². The van der Waals surface area contributed by atoms with Crippen LogP contribution in [-0.4, -0.2) is 40.8 Å². The zero-order chi connectivity index (χ0) is 18.0. The fourth-order valence-corrected chi connectivity index (χ4v) is 2.79. The molecule has 5 nitrogen and oxygen atoms in total. The van der Waals surface area contributed by atoms with Crippen molar-refractivity contribution in [3.8, 4) is 0 Å². The Morgan fingerprint density at radius 3 is 2.84 bits per heavy atom. The summed E-state index contributed by atoms with van der Waals surface area (Å²) in [4.78, 5) is 18.8. The Hall–Kier alpha value is -2.73. The van der Waals surface area contributed by atoms with E-state index in [0.29, 0.717) is 12.2 Å². The molecule has 130 valence electrons. The summed E-state index contributed by atoms with van der Waals surface area (Å²) in [6, 6.07) is 10.2. The summed E-state index contributed by atoms with van der Waals surface area (Å²) in [7, 11) is 3.80. The van der Waals surface area contributed by atoms with Crippen LogP contribution in [0.5, 0.6) is 0 Å². The summed E-state index contributed by atoms with van der Waals surface area (Å²) < 4.78 is 15.3. The molecule has 3 aromatic rings. The molecule has 1 amide bonds. The second kappa shape index (κ2) is 7.03. The monoisotopic (exact) mass is 340 g/mol. The van der Waals surface area contributed by atoms with Crippen LogP contribution >= 0.6 is 0 Å². The first-order valence-electron chi connectivity index (χ1n) is 8.09. The number of amides is 1. The van der Waals surface area contributed by atoms with Crippen LogP contribution in [0.15, 0.2) is 48.8 Å². The van der Waals surface area contributed by atoms with Crippen molar-refractivity contribution in [2.24, 2.45) is 0 Å². The van der Waals surface area contributed by atoms with Crippen molar-refractivity contribution in [3.05, 3.63) is 71.4 Å². The third-order valence-corrected chi connectivity index (χ3v) is 4.16. The summed E-state index contributed by atoms with van der Waals surface area (Å²) in [5.74, 6) is -0.531. The molecule has 1 aromatic carbocycles. The van der Waals surface area contributed by atoms with Crippen LogP contribution in [0.3, 0.4) is 0 Å². The minimum Gasteiger partial charge on any atom is -0.349 e. The van der Waals surface area contributed by atoms with Gasteiger partial charge in [-0.15, -0.1) is 0 Å². The van der Waals surface area contributed by atoms with Gasteiger partial charge in [0.05, 0.1) is 6.04 Å². The lowest BCUT2D eigenvalue weighted by atomic mass is 10.1. The lowest BCUT2D eigenvalue weighted by Crippen LogP contribution is -2.34. The SMILES string of the molecule is Cc1ccn2cc(C(=O)NCC(c3cccc(F)c3)N(C)C)nc2c1. The van der Waals surface area contributed by atoms with Crippen molar-refractivity contribution < 1.29 is 9.18 Å². The van der Waals surface area contributed by atoms with Crippen LogP contribution in [0.1, 0.15) is 27.7 Å². The molecule has 0 spiro atoms. The maximum absolute atomic E-state index is 13.5. The summed E-state index contributed by atoms with van der Waals surface area (Å²) in [6.07, 6.45) is 3.58. The fourth-order valence-electron chi connectivity index (χ4n) is 2.79. The molecule has 1 atom stereocenters. The maximum atomic E-state index is 13.5. The van der Waals surface area contributed by atoms with Gasteiger partial charge >= 0.3 is 0 Å². The van der Waals surface area contributed by atoms with Gasteiger partial charge in [-0.1, -0.05) is 12.1 Å². The molecule has 2 aromatic heterocycles. The Morgan fingerprint density at radius 2 is 2.12 bits per heavy atom. The number of nitrogens with one attached hydrogen (secondary N) is 1. The van der Waals surface area contributed by atoms with E-state index in [-0.39, 0.29) is 17.8 Å². The number of aryl methyl sites for hydroxylation is 1. The lowest BCUT2D eigenvalue weighted by Gasteiger charge is -2.25. The van der Waals surface area contributed by atoms with Gasteiger partial charge in [-0.25, -0.2) is 9.37 Å². The molecule has 0 radical (unpaired) electrons. The first-order chi connectivity index (χ1) is 11.9. The summed E-state index contributed by atoms with van der Waals surface area (Å²) >= 11 is 0. The number of aromatic nitrogens is 2. The van der Waals surface area contributed by atoms with Crippen molar-refractivity contribution in [3.63, 3.8) is 0 Å². The van der Waals surface area contributed by atoms with E-state index in [1.165, 1.54) is 12.1 Å². The second-order valence-electron chi connectivity index (χ2n) is 6.34. The van der Waals surface area contributed by atoms with Crippen LogP contribution in [0, 0.1) is 12.7 Å². The molecule has 1 N–H and O–H groups in total. The zero-order valence-corrected chi connectivity index (χ0v) is 14.5. The van der Waals surface area contributed by atoms with Crippen LogP contribution in [0.25, 0.3) is 5.65 Å². The van der Waals surface area contributed by atoms with E-state index in [1.54, 1.807) is 12.3 Å². The Labute approximate surface area is 146 Å². The number of halogens is 1. The number of carbonyl (C=O) groups is 1. The van der Waals surface area contributed by atoms with Crippen LogP contribution in [-0.2, 0) is 0 Å². The highest BCUT2D eigenvalue weighted by Gasteiger charge is 2.17. The molecular weight excluding hydrogens is 319 g/mol. The molecule has 0 saturated heterocycles. The Morgan fingerprint density at radius 1 is 1.32 bits per heavy atom. The van der Waals surface area contributed by atoms with Crippen LogP contribution < -0.4 is 5.32 Å². The fraction of sp³-hybridized carbons (Fsp3) is 0.263. The number of hydrogen-bond acceptors (Lipinski definition) is 3. The van der Waals surface area contributed by atoms with Crippen molar-refractivity contribution in [1.82, 2.24) is 19.6 Å². The Kier molecular flexibility index (Phi) is 4.81. The minimum absolute atomic E-state index is 0.126. The highest BCUT2D eigenvalue weighted by atomic mass is 19.1. The maximum Gasteiger partial charge on any atom is 0.271 e. The number of carbonyl (C=O) groups excluding carboxylic acids is 1. The molecule has 0 fully saturated rings. The minimum atomic E-state index is -0.286. The molecule has 0 aliphatic rings. The standard InChI is InChI=1S/C19H21FN4O/c1-13-7-8-24-12-16(22-18(24)9-13)19(25)21-11-17(23(2)3)14-5-4-6-15(20)10-14/h4-10,12,17H,11H2,1-3H3,(H,21,25). The summed E-state index contributed by atoms with van der Waals surface area (Å²) in [6.45, 7) is 2.34. The smallest absolute Gasteiger partial charge is 0.271 e. The van der Waals surface area contributed by atoms with Gasteiger partial charge in [0.15, 0.2) is 0 Å². The molecule has 1 unspecified atom stereocenters. The molecule has 6 heteroatoms. The quantitative estimate of drug-likeness (QED) is 0.777. The predicted octanol–water partition coefficient (Wildman–Crippen LogP) is 2.81. The largest absolute Gasteiger partial charge is 0.349 e. The van der Waals surface area contributed by atoms with Gasteiger partial charge in [-0.05, 0) is 56.4 Å². The van der Waals surface area contributed by atoms with Crippen molar-refractivity contribution in [2.75, 3.05) is 20.6 Å². The van der Waals surface area contributed by atoms with Gasteiger partial charge in [0.25, 0.3) is 5.91 Å². The number of nitrogens with zero attached hydrogens (tertiary/aromatic N) is 3. The van der Waals surface area contributed by atoms with Gasteiger partial charge in [0, 0.05) is 18.9 Å². The number of pyridine rings is 1. The molecule has 0 bridgehead atoms. The molecule has 2 heterocycles. The summed E-state index contributed by atoms with van der Waals surface area (Å²) in [5.41, 5.74) is 3.00. The van der Waals surface area contributed by atoms with E-state index < -0.39 is 0 Å². The topological polar surface area (TPSA) is 49.6 Å². The average Bonchev–Trinajstić information content (AvgIpc) is 2.97. The number of hydrogen-bond donors (Lipinski definition) is 1. The van der Waals surface area contributed by atoms with Crippen LogP contribution in [0.2, 0.25) is 0 Å². The third-order valence-electron chi connectivity index (χ3n) is 4.16. The van der Waals surface area contributed by atoms with Crippen LogP contribution in [0.4, 0.5) is 4.39 Å². The van der Waals surface area contributed by atoms with E-state index in [2.05, 4.69) is 10.3 Å². The van der Waals surface area contributed by atoms with Crippen molar-refractivity contribution in [2.45, 2.75) is 13.0 Å². The van der Waals surface area contributed by atoms with Gasteiger partial charge in [-0.2, -0.15) is 0 Å². The highest BCUT2D eigenvalue weighted by Crippen LogP contribution is 2.18. The number of benzene rings is 1. The first-order valence-corrected chi connectivity index (χ1v) is 8.09. The first kappa shape index (κ1) is 17.1. The van der Waals surface area contributed by atoms with E-state index in [1.807, 2.05) is 54.7 Å². The Bertz CT molecular complexity index is 903. The molecule has 3 rings (SSSR count). The molecule has 0 aliphatic heterocycles. The Balaban J connectivity index is 1.74. The number of imidazole rings is 1. The highest BCUT2D eigenvalue weighted by molar-refractivity contribution is 5.92. The number of rotatable bonds is 5. The second-order valence-corrected chi connectivity index (χ2v) is 6.34. The van der Waals surface area contributed by atoms with E-state index in [0.717, 1.165) is 16.8 Å². The molecule has 0 aliphatic carbocycles. The molecule has 25 heavy (non-hydrogen) atoms. The van der Waals surface area contributed by atoms with E-state index in [9.17, 15) is 9.18 Å².